The second-order valence-corrected chi connectivity index (χ2v) is 10.5. The number of rotatable bonds is 8. The predicted octanol–water partition coefficient (Wildman–Crippen LogP) is 3.20. The number of fused-ring (bicyclic) bond motifs is 1. The third kappa shape index (κ3) is 4.88. The van der Waals surface area contributed by atoms with Gasteiger partial charge in [0.1, 0.15) is 5.00 Å². The highest BCUT2D eigenvalue weighted by Crippen LogP contribution is 2.37. The number of amides is 1. The van der Waals surface area contributed by atoms with Crippen LogP contribution in [0.15, 0.2) is 29.2 Å². The Morgan fingerprint density at radius 1 is 1.16 bits per heavy atom. The van der Waals surface area contributed by atoms with Crippen molar-refractivity contribution in [2.24, 2.45) is 0 Å². The van der Waals surface area contributed by atoms with Gasteiger partial charge in [-0.3, -0.25) is 4.79 Å². The second-order valence-electron chi connectivity index (χ2n) is 7.48. The molecule has 0 atom stereocenters. The van der Waals surface area contributed by atoms with Crippen LogP contribution < -0.4 is 5.32 Å². The van der Waals surface area contributed by atoms with Crippen LogP contribution in [0.5, 0.6) is 0 Å². The molecular formula is C22H29N3O5S2. The Morgan fingerprint density at radius 3 is 2.41 bits per heavy atom. The molecule has 2 aromatic rings. The lowest BCUT2D eigenvalue weighted by Gasteiger charge is -2.22. The second kappa shape index (κ2) is 10.1. The molecule has 1 aromatic heterocycles. The van der Waals surface area contributed by atoms with E-state index in [-0.39, 0.29) is 11.5 Å². The monoisotopic (exact) mass is 479 g/mol. The molecule has 0 bridgehead atoms. The Bertz CT molecular complexity index is 1090. The third-order valence-electron chi connectivity index (χ3n) is 5.41. The van der Waals surface area contributed by atoms with Gasteiger partial charge in [0, 0.05) is 36.6 Å². The van der Waals surface area contributed by atoms with Crippen molar-refractivity contribution in [1.29, 1.82) is 0 Å². The fourth-order valence-electron chi connectivity index (χ4n) is 3.70. The molecule has 10 heteroatoms. The molecule has 8 nitrogen and oxygen atoms in total. The molecule has 32 heavy (non-hydrogen) atoms. The van der Waals surface area contributed by atoms with Crippen LogP contribution in [0.2, 0.25) is 0 Å². The van der Waals surface area contributed by atoms with Gasteiger partial charge in [0.15, 0.2) is 0 Å². The highest BCUT2D eigenvalue weighted by Gasteiger charge is 2.29. The summed E-state index contributed by atoms with van der Waals surface area (Å²) in [5.41, 5.74) is 1.67. The van der Waals surface area contributed by atoms with Crippen molar-refractivity contribution in [3.63, 3.8) is 0 Å². The Morgan fingerprint density at radius 2 is 1.81 bits per heavy atom. The van der Waals surface area contributed by atoms with Crippen LogP contribution in [0.3, 0.4) is 0 Å². The predicted molar refractivity (Wildman–Crippen MR) is 125 cm³/mol. The minimum Gasteiger partial charge on any atom is -0.462 e. The number of nitrogens with one attached hydrogen (secondary N) is 1. The van der Waals surface area contributed by atoms with Gasteiger partial charge in [0.05, 0.1) is 17.1 Å². The topological polar surface area (TPSA) is 96.0 Å². The lowest BCUT2D eigenvalue weighted by molar-refractivity contribution is 0.0526. The normalized spacial score (nSPS) is 14.3. The van der Waals surface area contributed by atoms with Gasteiger partial charge >= 0.3 is 5.97 Å². The maximum Gasteiger partial charge on any atom is 0.341 e. The van der Waals surface area contributed by atoms with E-state index in [2.05, 4.69) is 10.2 Å². The summed E-state index contributed by atoms with van der Waals surface area (Å²) in [5.74, 6) is -0.847. The number of esters is 1. The van der Waals surface area contributed by atoms with Crippen molar-refractivity contribution in [2.45, 2.75) is 38.6 Å². The van der Waals surface area contributed by atoms with Crippen LogP contribution in [0, 0.1) is 0 Å². The van der Waals surface area contributed by atoms with Crippen molar-refractivity contribution >= 4 is 38.2 Å². The number of likely N-dealkylation sites (N-methyl/N-ethyl adjacent to an activating group) is 1. The van der Waals surface area contributed by atoms with Crippen LogP contribution in [0.4, 0.5) is 5.00 Å². The first kappa shape index (κ1) is 24.4. The van der Waals surface area contributed by atoms with E-state index in [0.29, 0.717) is 42.2 Å². The molecule has 0 aliphatic carbocycles. The van der Waals surface area contributed by atoms with E-state index in [4.69, 9.17) is 4.74 Å². The van der Waals surface area contributed by atoms with E-state index in [0.717, 1.165) is 17.0 Å². The van der Waals surface area contributed by atoms with Crippen molar-refractivity contribution in [1.82, 2.24) is 9.21 Å². The highest BCUT2D eigenvalue weighted by atomic mass is 32.2. The molecule has 0 radical (unpaired) electrons. The summed E-state index contributed by atoms with van der Waals surface area (Å²) in [6.07, 6.45) is 0.713. The zero-order valence-electron chi connectivity index (χ0n) is 18.8. The summed E-state index contributed by atoms with van der Waals surface area (Å²) in [6.45, 7) is 7.83. The number of thiophene rings is 1. The van der Waals surface area contributed by atoms with Gasteiger partial charge in [-0.05, 0) is 50.2 Å². The molecule has 0 saturated carbocycles. The number of hydrogen-bond acceptors (Lipinski definition) is 7. The first-order valence-corrected chi connectivity index (χ1v) is 12.9. The number of benzene rings is 1. The Labute approximate surface area is 193 Å². The first-order chi connectivity index (χ1) is 15.2. The lowest BCUT2D eigenvalue weighted by Crippen LogP contribution is -2.30. The van der Waals surface area contributed by atoms with Gasteiger partial charge in [-0.25, -0.2) is 13.2 Å². The average molecular weight is 480 g/mol. The smallest absolute Gasteiger partial charge is 0.341 e. The molecule has 0 fully saturated rings. The minimum atomic E-state index is -3.60. The van der Waals surface area contributed by atoms with Crippen molar-refractivity contribution in [2.75, 3.05) is 38.6 Å². The average Bonchev–Trinajstić information content (AvgIpc) is 3.11. The molecule has 1 aromatic carbocycles. The van der Waals surface area contributed by atoms with Crippen LogP contribution in [0.1, 0.15) is 51.9 Å². The molecule has 1 N–H and O–H groups in total. The molecule has 2 heterocycles. The fourth-order valence-corrected chi connectivity index (χ4v) is 6.47. The van der Waals surface area contributed by atoms with E-state index < -0.39 is 21.9 Å². The summed E-state index contributed by atoms with van der Waals surface area (Å²) in [7, 11) is -1.58. The fraction of sp³-hybridized carbons (Fsp3) is 0.455. The molecule has 174 valence electrons. The van der Waals surface area contributed by atoms with E-state index in [1.807, 2.05) is 7.05 Å². The highest BCUT2D eigenvalue weighted by molar-refractivity contribution is 7.89. The molecule has 1 amide bonds. The van der Waals surface area contributed by atoms with Gasteiger partial charge in [-0.15, -0.1) is 11.3 Å². The van der Waals surface area contributed by atoms with Crippen LogP contribution in [-0.4, -0.2) is 62.8 Å². The van der Waals surface area contributed by atoms with Crippen LogP contribution in [-0.2, 0) is 27.7 Å². The Balaban J connectivity index is 1.87. The molecule has 0 unspecified atom stereocenters. The summed E-state index contributed by atoms with van der Waals surface area (Å²) in [6, 6.07) is 5.83. The molecule has 0 saturated heterocycles. The number of nitrogens with zero attached hydrogens (tertiary/aromatic N) is 2. The molecular weight excluding hydrogens is 450 g/mol. The van der Waals surface area contributed by atoms with Crippen molar-refractivity contribution < 1.29 is 22.7 Å². The molecule has 1 aliphatic rings. The van der Waals surface area contributed by atoms with Crippen LogP contribution in [0.25, 0.3) is 0 Å². The number of hydrogen-bond donors (Lipinski definition) is 1. The van der Waals surface area contributed by atoms with Gasteiger partial charge in [0.2, 0.25) is 10.0 Å². The van der Waals surface area contributed by atoms with Crippen molar-refractivity contribution in [3.8, 4) is 0 Å². The maximum absolute atomic E-state index is 12.9. The maximum atomic E-state index is 12.9. The molecule has 0 spiro atoms. The van der Waals surface area contributed by atoms with Crippen molar-refractivity contribution in [3.05, 3.63) is 45.8 Å². The standard InChI is InChI=1S/C22H29N3O5S2/c1-5-25(6-2)32(28,29)16-10-8-15(9-11-16)20(26)23-21-19(22(27)30-7-3)17-12-13-24(4)14-18(17)31-21/h8-11H,5-7,12-14H2,1-4H3,(H,23,26). The summed E-state index contributed by atoms with van der Waals surface area (Å²) >= 11 is 1.38. The quantitative estimate of drug-likeness (QED) is 0.584. The summed E-state index contributed by atoms with van der Waals surface area (Å²) < 4.78 is 31.9. The number of carbonyl (C=O) groups excluding carboxylic acids is 2. The van der Waals surface area contributed by atoms with Gasteiger partial charge in [0.25, 0.3) is 5.91 Å². The largest absolute Gasteiger partial charge is 0.462 e. The molecule has 1 aliphatic heterocycles. The van der Waals surface area contributed by atoms with Gasteiger partial charge in [-0.1, -0.05) is 13.8 Å². The van der Waals surface area contributed by atoms with E-state index >= 15 is 0 Å². The zero-order chi connectivity index (χ0) is 23.5. The summed E-state index contributed by atoms with van der Waals surface area (Å²) in [5, 5.41) is 3.31. The van der Waals surface area contributed by atoms with E-state index in [9.17, 15) is 18.0 Å². The number of sulfonamides is 1. The summed E-state index contributed by atoms with van der Waals surface area (Å²) in [4.78, 5) is 28.9. The van der Waals surface area contributed by atoms with Gasteiger partial charge in [-0.2, -0.15) is 4.31 Å². The first-order valence-electron chi connectivity index (χ1n) is 10.6. The van der Waals surface area contributed by atoms with E-state index in [1.165, 1.54) is 39.9 Å². The van der Waals surface area contributed by atoms with Crippen LogP contribution >= 0.6 is 11.3 Å². The lowest BCUT2D eigenvalue weighted by atomic mass is 10.0. The third-order valence-corrected chi connectivity index (χ3v) is 8.61. The Kier molecular flexibility index (Phi) is 7.71. The number of carbonyl (C=O) groups is 2. The van der Waals surface area contributed by atoms with Gasteiger partial charge < -0.3 is 15.0 Å². The SMILES string of the molecule is CCOC(=O)c1c(NC(=O)c2ccc(S(=O)(=O)N(CC)CC)cc2)sc2c1CCN(C)C2. The minimum absolute atomic E-state index is 0.139. The Hall–Kier alpha value is -2.27. The molecule has 3 rings (SSSR count). The number of anilines is 1. The number of ether oxygens (including phenoxy) is 1. The van der Waals surface area contributed by atoms with E-state index in [1.54, 1.807) is 20.8 Å². The zero-order valence-corrected chi connectivity index (χ0v) is 20.4.